The lowest BCUT2D eigenvalue weighted by molar-refractivity contribution is -0.129. The molecule has 0 atom stereocenters. The largest absolute Gasteiger partial charge is 0.493 e. The molecule has 0 aliphatic carbocycles. The first kappa shape index (κ1) is 18.4. The van der Waals surface area contributed by atoms with Crippen LogP contribution in [0.5, 0.6) is 5.75 Å². The molecule has 2 aromatic rings. The summed E-state index contributed by atoms with van der Waals surface area (Å²) in [6.07, 6.45) is 2.55. The molecule has 3 rings (SSSR count). The van der Waals surface area contributed by atoms with Crippen molar-refractivity contribution in [2.75, 3.05) is 11.9 Å². The number of nitrogens with zero attached hydrogens (tertiary/aromatic N) is 1. The molecule has 0 saturated carbocycles. The molecule has 0 aromatic heterocycles. The Morgan fingerprint density at radius 2 is 1.93 bits per heavy atom. The zero-order valence-electron chi connectivity index (χ0n) is 15.2. The first-order valence-corrected chi connectivity index (χ1v) is 8.69. The average Bonchev–Trinajstić information content (AvgIpc) is 3.02. The van der Waals surface area contributed by atoms with Crippen LogP contribution in [-0.2, 0) is 14.3 Å². The first-order chi connectivity index (χ1) is 13.1. The van der Waals surface area contributed by atoms with Crippen molar-refractivity contribution in [1.82, 2.24) is 0 Å². The number of ether oxygens (including phenoxy) is 2. The Kier molecular flexibility index (Phi) is 5.66. The smallest absolute Gasteiger partial charge is 0.363 e. The Labute approximate surface area is 157 Å². The van der Waals surface area contributed by atoms with Crippen LogP contribution in [0.15, 0.2) is 59.2 Å². The van der Waals surface area contributed by atoms with Gasteiger partial charge in [0.15, 0.2) is 5.70 Å². The van der Waals surface area contributed by atoms with E-state index in [1.807, 2.05) is 31.2 Å². The Bertz CT molecular complexity index is 914. The summed E-state index contributed by atoms with van der Waals surface area (Å²) in [5.41, 5.74) is 2.29. The van der Waals surface area contributed by atoms with Gasteiger partial charge in [-0.25, -0.2) is 9.79 Å². The minimum atomic E-state index is -0.513. The number of para-hydroxylation sites is 1. The van der Waals surface area contributed by atoms with E-state index in [2.05, 4.69) is 10.3 Å². The van der Waals surface area contributed by atoms with Gasteiger partial charge >= 0.3 is 5.97 Å². The summed E-state index contributed by atoms with van der Waals surface area (Å²) in [4.78, 5) is 27.6. The van der Waals surface area contributed by atoms with Gasteiger partial charge in [0.2, 0.25) is 11.8 Å². The van der Waals surface area contributed by atoms with Gasteiger partial charge in [-0.05, 0) is 42.8 Å². The van der Waals surface area contributed by atoms with Crippen LogP contribution in [0.25, 0.3) is 6.08 Å². The zero-order valence-corrected chi connectivity index (χ0v) is 15.2. The number of cyclic esters (lactones) is 1. The van der Waals surface area contributed by atoms with Gasteiger partial charge in [0.25, 0.3) is 0 Å². The maximum atomic E-state index is 12.2. The fourth-order valence-corrected chi connectivity index (χ4v) is 2.52. The van der Waals surface area contributed by atoms with Crippen molar-refractivity contribution in [3.8, 4) is 5.75 Å². The van der Waals surface area contributed by atoms with Crippen molar-refractivity contribution < 1.29 is 19.1 Å². The van der Waals surface area contributed by atoms with E-state index in [4.69, 9.17) is 9.47 Å². The van der Waals surface area contributed by atoms with Crippen molar-refractivity contribution in [2.24, 2.45) is 4.99 Å². The number of nitrogens with one attached hydrogen (secondary N) is 1. The Morgan fingerprint density at radius 1 is 1.19 bits per heavy atom. The number of hydrogen-bond acceptors (Lipinski definition) is 5. The number of anilines is 1. The third kappa shape index (κ3) is 4.61. The van der Waals surface area contributed by atoms with Crippen molar-refractivity contribution in [3.63, 3.8) is 0 Å². The third-order valence-electron chi connectivity index (χ3n) is 3.75. The molecule has 1 N–H and O–H groups in total. The van der Waals surface area contributed by atoms with Gasteiger partial charge in [0.1, 0.15) is 5.75 Å². The normalized spacial score (nSPS) is 14.7. The second-order valence-corrected chi connectivity index (χ2v) is 5.98. The number of aliphatic imine (C=N–C) groups is 1. The summed E-state index contributed by atoms with van der Waals surface area (Å²) in [5, 5.41) is 2.68. The molecule has 6 nitrogen and oxygen atoms in total. The van der Waals surface area contributed by atoms with E-state index in [0.717, 1.165) is 12.0 Å². The van der Waals surface area contributed by atoms with Crippen LogP contribution in [-0.4, -0.2) is 24.4 Å². The maximum Gasteiger partial charge on any atom is 0.363 e. The molecule has 1 aliphatic heterocycles. The minimum Gasteiger partial charge on any atom is -0.493 e. The van der Waals surface area contributed by atoms with Crippen LogP contribution in [0.1, 0.15) is 31.4 Å². The van der Waals surface area contributed by atoms with E-state index in [1.54, 1.807) is 30.3 Å². The Balaban J connectivity index is 1.84. The molecular formula is C21H20N2O4. The number of esters is 1. The summed E-state index contributed by atoms with van der Waals surface area (Å²) < 4.78 is 11.0. The maximum absolute atomic E-state index is 12.2. The predicted molar refractivity (Wildman–Crippen MR) is 104 cm³/mol. The highest BCUT2D eigenvalue weighted by Gasteiger charge is 2.24. The standard InChI is InChI=1S/C21H20N2O4/c1-3-12-26-19-7-5-4-6-16(19)13-18-21(25)27-20(23-18)15-8-10-17(11-9-15)22-14(2)24/h4-11,13H,3,12H2,1-2H3,(H,22,24)/b18-13+. The molecular weight excluding hydrogens is 344 g/mol. The molecule has 0 radical (unpaired) electrons. The van der Waals surface area contributed by atoms with Gasteiger partial charge in [-0.1, -0.05) is 25.1 Å². The van der Waals surface area contributed by atoms with Crippen molar-refractivity contribution >= 4 is 29.5 Å². The van der Waals surface area contributed by atoms with Gasteiger partial charge in [0, 0.05) is 23.7 Å². The summed E-state index contributed by atoms with van der Waals surface area (Å²) in [7, 11) is 0. The third-order valence-corrected chi connectivity index (χ3v) is 3.75. The number of benzene rings is 2. The number of amides is 1. The highest BCUT2D eigenvalue weighted by molar-refractivity contribution is 6.13. The van der Waals surface area contributed by atoms with Crippen molar-refractivity contribution in [3.05, 3.63) is 65.4 Å². The summed E-state index contributed by atoms with van der Waals surface area (Å²) in [6, 6.07) is 14.4. The average molecular weight is 364 g/mol. The summed E-state index contributed by atoms with van der Waals surface area (Å²) in [5.74, 6) is 0.262. The van der Waals surface area contributed by atoms with Gasteiger partial charge in [-0.2, -0.15) is 0 Å². The lowest BCUT2D eigenvalue weighted by Crippen LogP contribution is -2.07. The second kappa shape index (κ2) is 8.31. The topological polar surface area (TPSA) is 77.0 Å². The molecule has 1 heterocycles. The molecule has 0 spiro atoms. The number of carbonyl (C=O) groups is 2. The highest BCUT2D eigenvalue weighted by atomic mass is 16.6. The predicted octanol–water partition coefficient (Wildman–Crippen LogP) is 3.78. The monoisotopic (exact) mass is 364 g/mol. The minimum absolute atomic E-state index is 0.151. The van der Waals surface area contributed by atoms with Crippen LogP contribution in [0.4, 0.5) is 5.69 Å². The summed E-state index contributed by atoms with van der Waals surface area (Å²) >= 11 is 0. The lowest BCUT2D eigenvalue weighted by Gasteiger charge is -2.07. The van der Waals surface area contributed by atoms with E-state index in [0.29, 0.717) is 23.6 Å². The molecule has 2 aromatic carbocycles. The molecule has 0 saturated heterocycles. The molecule has 0 unspecified atom stereocenters. The van der Waals surface area contributed by atoms with Gasteiger partial charge in [-0.3, -0.25) is 4.79 Å². The Morgan fingerprint density at radius 3 is 2.63 bits per heavy atom. The first-order valence-electron chi connectivity index (χ1n) is 8.69. The van der Waals surface area contributed by atoms with Crippen LogP contribution in [0, 0.1) is 0 Å². The number of hydrogen-bond donors (Lipinski definition) is 1. The van der Waals surface area contributed by atoms with E-state index in [-0.39, 0.29) is 17.5 Å². The molecule has 0 bridgehead atoms. The van der Waals surface area contributed by atoms with Crippen LogP contribution < -0.4 is 10.1 Å². The Hall–Kier alpha value is -3.41. The molecule has 0 fully saturated rings. The van der Waals surface area contributed by atoms with E-state index in [1.165, 1.54) is 6.92 Å². The molecule has 6 heteroatoms. The second-order valence-electron chi connectivity index (χ2n) is 5.98. The van der Waals surface area contributed by atoms with Crippen LogP contribution in [0.3, 0.4) is 0 Å². The fraction of sp³-hybridized carbons (Fsp3) is 0.190. The molecule has 1 amide bonds. The van der Waals surface area contributed by atoms with E-state index in [9.17, 15) is 9.59 Å². The van der Waals surface area contributed by atoms with Gasteiger partial charge in [0.05, 0.1) is 6.61 Å². The molecule has 138 valence electrons. The van der Waals surface area contributed by atoms with Crippen LogP contribution >= 0.6 is 0 Å². The number of rotatable bonds is 6. The number of carbonyl (C=O) groups excluding carboxylic acids is 2. The molecule has 27 heavy (non-hydrogen) atoms. The SMILES string of the molecule is CCCOc1ccccc1/C=C1/N=C(c2ccc(NC(C)=O)cc2)OC1=O. The van der Waals surface area contributed by atoms with Gasteiger partial charge in [-0.15, -0.1) is 0 Å². The van der Waals surface area contributed by atoms with E-state index < -0.39 is 5.97 Å². The lowest BCUT2D eigenvalue weighted by atomic mass is 10.1. The van der Waals surface area contributed by atoms with E-state index >= 15 is 0 Å². The zero-order chi connectivity index (χ0) is 19.2. The highest BCUT2D eigenvalue weighted by Crippen LogP contribution is 2.25. The van der Waals surface area contributed by atoms with Crippen LogP contribution in [0.2, 0.25) is 0 Å². The molecule has 1 aliphatic rings. The fourth-order valence-electron chi connectivity index (χ4n) is 2.52. The summed E-state index contributed by atoms with van der Waals surface area (Å²) in [6.45, 7) is 4.07. The van der Waals surface area contributed by atoms with Gasteiger partial charge < -0.3 is 14.8 Å². The van der Waals surface area contributed by atoms with Crippen molar-refractivity contribution in [2.45, 2.75) is 20.3 Å². The van der Waals surface area contributed by atoms with Crippen molar-refractivity contribution in [1.29, 1.82) is 0 Å². The quantitative estimate of drug-likeness (QED) is 0.625.